The van der Waals surface area contributed by atoms with Gasteiger partial charge in [0.05, 0.1) is 33.3 Å². The first-order valence-electron chi connectivity index (χ1n) is 24.0. The number of carbonyl (C=O) groups excluding carboxylic acids is 5. The number of ether oxygens (including phenoxy) is 18. The SMILES string of the molecule is COC(=O)[C@]1(CNC(=O)[C@]2(CNC(=O)[C@]3(CNC(=O)[C@]4(CNC(=O)OC(C)(C)C)O[C@@H]5OC(C)(C)O[C@@H]5[C@H]4OC)O[C@@H]4OC(C)(C)O[C@@H]4[C@H]3OC)O[C@@H]3OC(C)(C)O[C@@H]3[C@H]2OC)O[C@@H]2OC(C)(C)O[C@@H]2[C@H]1OC. The van der Waals surface area contributed by atoms with Crippen LogP contribution in [0.2, 0.25) is 0 Å². The second-order valence-electron chi connectivity index (χ2n) is 21.9. The Morgan fingerprint density at radius 2 is 0.658 bits per heavy atom. The predicted octanol–water partition coefficient (Wildman–Crippen LogP) is -0.921. The first-order valence-corrected chi connectivity index (χ1v) is 24.0. The molecule has 4 N–H and O–H groups in total. The number of hydrogen-bond acceptors (Lipinski definition) is 23. The van der Waals surface area contributed by atoms with Crippen molar-refractivity contribution in [3.63, 3.8) is 0 Å². The van der Waals surface area contributed by atoms with Crippen LogP contribution in [0.1, 0.15) is 76.2 Å². The van der Waals surface area contributed by atoms with Crippen molar-refractivity contribution in [3.05, 3.63) is 0 Å². The maximum absolute atomic E-state index is 15.3. The molecule has 27 nitrogen and oxygen atoms in total. The Morgan fingerprint density at radius 3 is 0.932 bits per heavy atom. The highest BCUT2D eigenvalue weighted by molar-refractivity contribution is 5.93. The highest BCUT2D eigenvalue weighted by Crippen LogP contribution is 2.49. The molecule has 8 fully saturated rings. The molecule has 4 amide bonds. The molecule has 0 radical (unpaired) electrons. The molecule has 0 aromatic rings. The maximum atomic E-state index is 15.3. The summed E-state index contributed by atoms with van der Waals surface area (Å²) in [5.41, 5.74) is -9.42. The molecule has 8 aliphatic rings. The lowest BCUT2D eigenvalue weighted by atomic mass is 9.89. The van der Waals surface area contributed by atoms with Gasteiger partial charge in [0.25, 0.3) is 17.7 Å². The van der Waals surface area contributed by atoms with Gasteiger partial charge in [-0.1, -0.05) is 0 Å². The maximum Gasteiger partial charge on any atom is 0.407 e. The van der Waals surface area contributed by atoms with Gasteiger partial charge >= 0.3 is 12.1 Å². The van der Waals surface area contributed by atoms with Crippen molar-refractivity contribution in [1.29, 1.82) is 0 Å². The molecule has 8 aliphatic heterocycles. The van der Waals surface area contributed by atoms with Crippen molar-refractivity contribution < 1.29 is 109 Å². The topological polar surface area (TPSA) is 300 Å². The summed E-state index contributed by atoms with van der Waals surface area (Å²) >= 11 is 0. The van der Waals surface area contributed by atoms with Crippen LogP contribution in [0.3, 0.4) is 0 Å². The van der Waals surface area contributed by atoms with E-state index in [0.717, 1.165) is 7.11 Å². The molecular weight excluding hydrogens is 977 g/mol. The minimum absolute atomic E-state index is 0.519. The van der Waals surface area contributed by atoms with Crippen molar-refractivity contribution >= 4 is 29.8 Å². The van der Waals surface area contributed by atoms with Crippen LogP contribution in [0.5, 0.6) is 0 Å². The third-order valence-corrected chi connectivity index (χ3v) is 13.8. The Morgan fingerprint density at radius 1 is 0.397 bits per heavy atom. The van der Waals surface area contributed by atoms with Crippen LogP contribution in [0.25, 0.3) is 0 Å². The molecule has 16 atom stereocenters. The molecule has 27 heteroatoms. The molecule has 0 bridgehead atoms. The van der Waals surface area contributed by atoms with E-state index < -0.39 is 181 Å². The largest absolute Gasteiger partial charge is 0.467 e. The smallest absolute Gasteiger partial charge is 0.407 e. The van der Waals surface area contributed by atoms with Crippen molar-refractivity contribution in [3.8, 4) is 0 Å². The summed E-state index contributed by atoms with van der Waals surface area (Å²) in [5, 5.41) is 10.9. The van der Waals surface area contributed by atoms with E-state index in [9.17, 15) is 14.4 Å². The Bertz CT molecular complexity index is 2140. The van der Waals surface area contributed by atoms with Gasteiger partial charge in [0.1, 0.15) is 54.4 Å². The molecule has 0 saturated carbocycles. The summed E-state index contributed by atoms with van der Waals surface area (Å²) in [5.74, 6) is -8.29. The highest BCUT2D eigenvalue weighted by Gasteiger charge is 2.72. The fourth-order valence-corrected chi connectivity index (χ4v) is 11.0. The molecule has 8 heterocycles. The number of alkyl carbamates (subject to hydrolysis) is 1. The van der Waals surface area contributed by atoms with Gasteiger partial charge in [-0.15, -0.1) is 0 Å². The zero-order chi connectivity index (χ0) is 53.7. The fourth-order valence-electron chi connectivity index (χ4n) is 11.0. The first kappa shape index (κ1) is 55.7. The molecule has 0 aliphatic carbocycles. The summed E-state index contributed by atoms with van der Waals surface area (Å²) in [6, 6.07) is 0. The second kappa shape index (κ2) is 19.2. The highest BCUT2D eigenvalue weighted by atomic mass is 16.9. The Balaban J connectivity index is 1.10. The molecule has 414 valence electrons. The number of rotatable bonds is 16. The zero-order valence-corrected chi connectivity index (χ0v) is 44.1. The van der Waals surface area contributed by atoms with Gasteiger partial charge in [0.2, 0.25) is 5.60 Å². The Labute approximate surface area is 422 Å². The fraction of sp³-hybridized carbons (Fsp3) is 0.891. The quantitative estimate of drug-likeness (QED) is 0.136. The summed E-state index contributed by atoms with van der Waals surface area (Å²) in [6.45, 7) is 15.8. The molecule has 0 aromatic heterocycles. The number of esters is 1. The minimum Gasteiger partial charge on any atom is -0.467 e. The summed E-state index contributed by atoms with van der Waals surface area (Å²) < 4.78 is 108. The van der Waals surface area contributed by atoms with Crippen LogP contribution >= 0.6 is 0 Å². The molecule has 8 rings (SSSR count). The van der Waals surface area contributed by atoms with E-state index in [1.165, 1.54) is 28.4 Å². The van der Waals surface area contributed by atoms with Crippen LogP contribution < -0.4 is 21.3 Å². The van der Waals surface area contributed by atoms with Crippen LogP contribution in [0, 0.1) is 0 Å². The van der Waals surface area contributed by atoms with Gasteiger partial charge in [-0.2, -0.15) is 0 Å². The molecular formula is C46H72N4O23. The number of fused-ring (bicyclic) bond motifs is 4. The summed E-state index contributed by atoms with van der Waals surface area (Å²) in [6.07, 6.45) is -14.5. The van der Waals surface area contributed by atoms with E-state index in [0.29, 0.717) is 0 Å². The average molecular weight is 1050 g/mol. The van der Waals surface area contributed by atoms with Crippen molar-refractivity contribution in [2.45, 2.75) is 201 Å². The molecule has 8 saturated heterocycles. The van der Waals surface area contributed by atoms with Gasteiger partial charge in [-0.25, -0.2) is 9.59 Å². The number of nitrogens with one attached hydrogen (secondary N) is 4. The lowest BCUT2D eigenvalue weighted by Gasteiger charge is -2.39. The summed E-state index contributed by atoms with van der Waals surface area (Å²) in [4.78, 5) is 72.2. The number of amides is 4. The van der Waals surface area contributed by atoms with Gasteiger partial charge < -0.3 is 107 Å². The van der Waals surface area contributed by atoms with Gasteiger partial charge in [-0.05, 0) is 76.2 Å². The third-order valence-electron chi connectivity index (χ3n) is 13.8. The van der Waals surface area contributed by atoms with Crippen LogP contribution in [0.4, 0.5) is 4.79 Å². The van der Waals surface area contributed by atoms with Gasteiger partial charge in [-0.3, -0.25) is 14.4 Å². The number of carbonyl (C=O) groups is 5. The standard InChI is InChI=1S/C46H72N4O23/c1-38(2,3)73-37(55)50-19-45(27(58-14)23-31(71-45)67-41(8,9)63-23)35(53)48-17-43(25(56-12)21-29(69-43)65-39(4,5)61-21)33(51)47-18-44(26(57-13)22-30(70-44)66-40(6,7)62-22)34(52)49-20-46(36(54)60-16)28(59-15)24-32(72-46)68-42(10,11)64-24/h21-32H,17-20H2,1-16H3,(H,47,51)(H,48,53)(H,49,52)(H,50,55)/t21-,22-,23-,24-,25-,26-,27-,28-,29+,30+,31+,32+,43-,44-,45-,46-/m1/s1. The molecule has 0 aromatic carbocycles. The third kappa shape index (κ3) is 9.84. The van der Waals surface area contributed by atoms with Gasteiger partial charge in [0, 0.05) is 28.4 Å². The lowest BCUT2D eigenvalue weighted by molar-refractivity contribution is -0.247. The van der Waals surface area contributed by atoms with Crippen LogP contribution in [-0.4, -0.2) is 217 Å². The number of hydrogen-bond donors (Lipinski definition) is 4. The van der Waals surface area contributed by atoms with E-state index >= 15 is 9.59 Å². The summed E-state index contributed by atoms with van der Waals surface area (Å²) in [7, 11) is 6.45. The van der Waals surface area contributed by atoms with E-state index in [4.69, 9.17) is 85.3 Å². The minimum atomic E-state index is -2.23. The van der Waals surface area contributed by atoms with Crippen molar-refractivity contribution in [2.24, 2.45) is 0 Å². The normalized spacial score (nSPS) is 42.1. The monoisotopic (exact) mass is 1050 g/mol. The van der Waals surface area contributed by atoms with Crippen molar-refractivity contribution in [2.75, 3.05) is 61.7 Å². The predicted molar refractivity (Wildman–Crippen MR) is 239 cm³/mol. The first-order chi connectivity index (χ1) is 33.9. The molecule has 0 unspecified atom stereocenters. The Hall–Kier alpha value is -3.49. The Kier molecular flexibility index (Phi) is 14.7. The van der Waals surface area contributed by atoms with Crippen molar-refractivity contribution in [1.82, 2.24) is 21.3 Å². The van der Waals surface area contributed by atoms with E-state index in [1.807, 2.05) is 0 Å². The lowest BCUT2D eigenvalue weighted by Crippen LogP contribution is -2.69. The molecule has 73 heavy (non-hydrogen) atoms. The zero-order valence-electron chi connectivity index (χ0n) is 44.1. The van der Waals surface area contributed by atoms with E-state index in [2.05, 4.69) is 21.3 Å². The van der Waals surface area contributed by atoms with E-state index in [-0.39, 0.29) is 0 Å². The van der Waals surface area contributed by atoms with Crippen LogP contribution in [-0.2, 0) is 104 Å². The average Bonchev–Trinajstić information content (AvgIpc) is 4.14. The van der Waals surface area contributed by atoms with E-state index in [1.54, 1.807) is 76.2 Å². The number of methoxy groups -OCH3 is 5. The molecule has 0 spiro atoms. The van der Waals surface area contributed by atoms with Crippen LogP contribution in [0.15, 0.2) is 0 Å². The van der Waals surface area contributed by atoms with Gasteiger partial charge in [0.15, 0.2) is 65.1 Å². The second-order valence-corrected chi connectivity index (χ2v) is 21.9.